The number of nitrogens with zero attached hydrogens (tertiary/aromatic N) is 3. The predicted molar refractivity (Wildman–Crippen MR) is 98.6 cm³/mol. The Kier molecular flexibility index (Phi) is 7.28. The van der Waals surface area contributed by atoms with Crippen LogP contribution in [-0.2, 0) is 11.8 Å². The summed E-state index contributed by atoms with van der Waals surface area (Å²) in [4.78, 5) is 27.3. The predicted octanol–water partition coefficient (Wildman–Crippen LogP) is 3.18. The van der Waals surface area contributed by atoms with Gasteiger partial charge >= 0.3 is 0 Å². The highest BCUT2D eigenvalue weighted by Gasteiger charge is 2.20. The molecule has 1 aromatic carbocycles. The van der Waals surface area contributed by atoms with Gasteiger partial charge in [-0.3, -0.25) is 14.9 Å². The summed E-state index contributed by atoms with van der Waals surface area (Å²) in [5, 5.41) is 14.4. The van der Waals surface area contributed by atoms with Crippen LogP contribution in [-0.4, -0.2) is 40.0 Å². The van der Waals surface area contributed by atoms with Crippen molar-refractivity contribution in [2.75, 3.05) is 25.1 Å². The minimum Gasteiger partial charge on any atom is -0.381 e. The van der Waals surface area contributed by atoms with E-state index in [4.69, 9.17) is 4.74 Å². The fourth-order valence-electron chi connectivity index (χ4n) is 2.43. The second-order valence-electron chi connectivity index (χ2n) is 5.93. The van der Waals surface area contributed by atoms with Crippen molar-refractivity contribution in [3.8, 4) is 0 Å². The number of unbranched alkanes of at least 4 members (excludes halogenated alkanes) is 1. The van der Waals surface area contributed by atoms with Crippen molar-refractivity contribution in [3.05, 3.63) is 52.1 Å². The van der Waals surface area contributed by atoms with Crippen molar-refractivity contribution in [1.82, 2.24) is 9.55 Å². The molecule has 0 saturated heterocycles. The molecule has 140 valence electrons. The Morgan fingerprint density at radius 2 is 2.12 bits per heavy atom. The molecule has 0 aliphatic heterocycles. The van der Waals surface area contributed by atoms with Crippen molar-refractivity contribution in [3.63, 3.8) is 0 Å². The Bertz CT molecular complexity index is 757. The van der Waals surface area contributed by atoms with Gasteiger partial charge in [0.05, 0.1) is 4.92 Å². The molecular formula is C18H24N4O4. The van der Waals surface area contributed by atoms with E-state index >= 15 is 0 Å². The lowest BCUT2D eigenvalue weighted by molar-refractivity contribution is -0.384. The molecule has 0 radical (unpaired) electrons. The molecule has 0 aliphatic carbocycles. The van der Waals surface area contributed by atoms with Crippen LogP contribution in [0.5, 0.6) is 0 Å². The highest BCUT2D eigenvalue weighted by molar-refractivity contribution is 6.07. The van der Waals surface area contributed by atoms with Gasteiger partial charge in [0, 0.05) is 50.8 Å². The van der Waals surface area contributed by atoms with Crippen molar-refractivity contribution in [2.24, 2.45) is 7.05 Å². The fourth-order valence-corrected chi connectivity index (χ4v) is 2.43. The first-order valence-corrected chi connectivity index (χ1v) is 8.66. The number of nitro groups is 1. The molecule has 0 atom stereocenters. The lowest BCUT2D eigenvalue weighted by Crippen LogP contribution is -2.11. The number of hydrogen-bond acceptors (Lipinski definition) is 6. The van der Waals surface area contributed by atoms with Crippen LogP contribution >= 0.6 is 0 Å². The number of rotatable bonds is 11. The molecule has 0 unspecified atom stereocenters. The number of carbonyl (C=O) groups excluding carboxylic acids is 1. The van der Waals surface area contributed by atoms with Gasteiger partial charge in [0.15, 0.2) is 5.82 Å². The van der Waals surface area contributed by atoms with Crippen LogP contribution < -0.4 is 5.32 Å². The molecule has 1 heterocycles. The monoisotopic (exact) mass is 360 g/mol. The SMILES string of the molecule is CCCCOCCCNc1ccc(C(=O)c2nccn2C)cc1[N+](=O)[O-]. The van der Waals surface area contributed by atoms with Gasteiger partial charge in [0.1, 0.15) is 5.69 Å². The number of ether oxygens (including phenoxy) is 1. The Balaban J connectivity index is 2.01. The molecule has 26 heavy (non-hydrogen) atoms. The lowest BCUT2D eigenvalue weighted by Gasteiger charge is -2.09. The molecule has 1 N–H and O–H groups in total. The number of benzene rings is 1. The Hall–Kier alpha value is -2.74. The first-order valence-electron chi connectivity index (χ1n) is 8.66. The van der Waals surface area contributed by atoms with Crippen LogP contribution in [0.3, 0.4) is 0 Å². The number of imidazole rings is 1. The van der Waals surface area contributed by atoms with Gasteiger partial charge in [-0.1, -0.05) is 13.3 Å². The third-order valence-corrected chi connectivity index (χ3v) is 3.90. The van der Waals surface area contributed by atoms with Crippen LogP contribution in [0, 0.1) is 10.1 Å². The van der Waals surface area contributed by atoms with E-state index in [0.717, 1.165) is 25.9 Å². The number of carbonyl (C=O) groups is 1. The molecule has 8 heteroatoms. The average Bonchev–Trinajstić information content (AvgIpc) is 3.06. The van der Waals surface area contributed by atoms with Crippen LogP contribution in [0.1, 0.15) is 42.4 Å². The standard InChI is InChI=1S/C18H24N4O4/c1-3-4-11-26-12-5-8-19-15-7-6-14(13-16(15)22(24)25)17(23)18-20-9-10-21(18)2/h6-7,9-10,13,19H,3-5,8,11-12H2,1-2H3. The second kappa shape index (κ2) is 9.67. The first kappa shape index (κ1) is 19.6. The van der Waals surface area contributed by atoms with Crippen LogP contribution in [0.2, 0.25) is 0 Å². The molecule has 0 spiro atoms. The Morgan fingerprint density at radius 3 is 2.77 bits per heavy atom. The largest absolute Gasteiger partial charge is 0.381 e. The molecule has 1 aromatic heterocycles. The third kappa shape index (κ3) is 5.13. The summed E-state index contributed by atoms with van der Waals surface area (Å²) in [6.07, 6.45) is 6.04. The zero-order valence-corrected chi connectivity index (χ0v) is 15.1. The maximum atomic E-state index is 12.5. The first-order chi connectivity index (χ1) is 12.5. The molecule has 0 amide bonds. The van der Waals surface area contributed by atoms with Gasteiger partial charge in [-0.05, 0) is 25.0 Å². The van der Waals surface area contributed by atoms with E-state index in [2.05, 4.69) is 17.2 Å². The van der Waals surface area contributed by atoms with Gasteiger partial charge in [0.25, 0.3) is 5.69 Å². The third-order valence-electron chi connectivity index (χ3n) is 3.90. The smallest absolute Gasteiger partial charge is 0.293 e. The van der Waals surface area contributed by atoms with Crippen LogP contribution in [0.4, 0.5) is 11.4 Å². The van der Waals surface area contributed by atoms with Crippen molar-refractivity contribution < 1.29 is 14.5 Å². The minimum atomic E-state index is -0.491. The van der Waals surface area contributed by atoms with Gasteiger partial charge in [-0.25, -0.2) is 4.98 Å². The molecule has 2 rings (SSSR count). The maximum Gasteiger partial charge on any atom is 0.293 e. The molecular weight excluding hydrogens is 336 g/mol. The van der Waals surface area contributed by atoms with Gasteiger partial charge in [-0.15, -0.1) is 0 Å². The number of aromatic nitrogens is 2. The second-order valence-corrected chi connectivity index (χ2v) is 5.93. The number of hydrogen-bond donors (Lipinski definition) is 1. The van der Waals surface area contributed by atoms with Crippen molar-refractivity contribution in [2.45, 2.75) is 26.2 Å². The van der Waals surface area contributed by atoms with Crippen LogP contribution in [0.15, 0.2) is 30.6 Å². The number of aryl methyl sites for hydroxylation is 1. The number of nitro benzene ring substituents is 1. The normalized spacial score (nSPS) is 10.7. The van der Waals surface area contributed by atoms with E-state index in [-0.39, 0.29) is 22.9 Å². The highest BCUT2D eigenvalue weighted by Crippen LogP contribution is 2.26. The van der Waals surface area contributed by atoms with E-state index in [1.807, 2.05) is 0 Å². The van der Waals surface area contributed by atoms with E-state index in [1.54, 1.807) is 29.9 Å². The summed E-state index contributed by atoms with van der Waals surface area (Å²) in [6, 6.07) is 4.42. The summed E-state index contributed by atoms with van der Waals surface area (Å²) in [6.45, 7) is 4.00. The molecule has 8 nitrogen and oxygen atoms in total. The number of anilines is 1. The zero-order valence-electron chi connectivity index (χ0n) is 15.1. The van der Waals surface area contributed by atoms with Gasteiger partial charge in [-0.2, -0.15) is 0 Å². The van der Waals surface area contributed by atoms with Crippen molar-refractivity contribution in [1.29, 1.82) is 0 Å². The molecule has 0 aliphatic rings. The van der Waals surface area contributed by atoms with E-state index < -0.39 is 4.92 Å². The van der Waals surface area contributed by atoms with E-state index in [0.29, 0.717) is 18.8 Å². The molecule has 0 saturated carbocycles. The zero-order chi connectivity index (χ0) is 18.9. The van der Waals surface area contributed by atoms with Gasteiger partial charge in [0.2, 0.25) is 5.78 Å². The van der Waals surface area contributed by atoms with E-state index in [1.165, 1.54) is 12.3 Å². The van der Waals surface area contributed by atoms with Crippen molar-refractivity contribution >= 4 is 17.2 Å². The summed E-state index contributed by atoms with van der Waals surface area (Å²) in [5.74, 6) is -0.110. The molecule has 2 aromatic rings. The van der Waals surface area contributed by atoms with E-state index in [9.17, 15) is 14.9 Å². The summed E-state index contributed by atoms with van der Waals surface area (Å²) < 4.78 is 7.05. The minimum absolute atomic E-state index is 0.128. The average molecular weight is 360 g/mol. The number of ketones is 1. The summed E-state index contributed by atoms with van der Waals surface area (Å²) in [5.41, 5.74) is 0.497. The van der Waals surface area contributed by atoms with Gasteiger partial charge < -0.3 is 14.6 Å². The number of nitrogens with one attached hydrogen (secondary N) is 1. The quantitative estimate of drug-likeness (QED) is 0.286. The Morgan fingerprint density at radius 1 is 1.35 bits per heavy atom. The maximum absolute atomic E-state index is 12.5. The molecule has 0 bridgehead atoms. The summed E-state index contributed by atoms with van der Waals surface area (Å²) in [7, 11) is 1.70. The Labute approximate surface area is 152 Å². The van der Waals surface area contributed by atoms with Crippen LogP contribution in [0.25, 0.3) is 0 Å². The lowest BCUT2D eigenvalue weighted by atomic mass is 10.1. The fraction of sp³-hybridized carbons (Fsp3) is 0.444. The highest BCUT2D eigenvalue weighted by atomic mass is 16.6. The molecule has 0 fully saturated rings. The summed E-state index contributed by atoms with van der Waals surface area (Å²) >= 11 is 0. The topological polar surface area (TPSA) is 99.3 Å².